The number of rotatable bonds is 3. The standard InChI is InChI=1S/C25H26N6/c1-17-3-2-4-22(30-17)24-23(28-16-29-24)18-5-6-21-19(11-18)12-20(13-27-21)31-9-7-25(8-10-31)14-26-15-25/h2-6,11-13,16,26H,7-10,14-15H2,1H3,(H,28,29). The van der Waals surface area contributed by atoms with Gasteiger partial charge in [-0.2, -0.15) is 0 Å². The average molecular weight is 411 g/mol. The highest BCUT2D eigenvalue weighted by atomic mass is 15.2. The maximum Gasteiger partial charge on any atom is 0.0977 e. The minimum absolute atomic E-state index is 0.550. The summed E-state index contributed by atoms with van der Waals surface area (Å²) < 4.78 is 0. The largest absolute Gasteiger partial charge is 0.370 e. The van der Waals surface area contributed by atoms with E-state index in [2.05, 4.69) is 49.4 Å². The summed E-state index contributed by atoms with van der Waals surface area (Å²) in [5.41, 5.74) is 7.62. The Labute approximate surface area is 181 Å². The summed E-state index contributed by atoms with van der Waals surface area (Å²) in [7, 11) is 0. The van der Waals surface area contributed by atoms with Crippen molar-refractivity contribution >= 4 is 16.6 Å². The zero-order valence-corrected chi connectivity index (χ0v) is 17.7. The first-order valence-corrected chi connectivity index (χ1v) is 11.0. The highest BCUT2D eigenvalue weighted by molar-refractivity contribution is 5.88. The van der Waals surface area contributed by atoms with Crippen LogP contribution in [-0.4, -0.2) is 46.1 Å². The van der Waals surface area contributed by atoms with Crippen molar-refractivity contribution in [2.45, 2.75) is 19.8 Å². The van der Waals surface area contributed by atoms with E-state index in [1.807, 2.05) is 31.3 Å². The molecule has 2 aliphatic rings. The molecule has 156 valence electrons. The molecular formula is C25H26N6. The van der Waals surface area contributed by atoms with E-state index in [-0.39, 0.29) is 0 Å². The molecule has 2 aliphatic heterocycles. The molecule has 0 bridgehead atoms. The second-order valence-electron chi connectivity index (χ2n) is 8.98. The lowest BCUT2D eigenvalue weighted by molar-refractivity contribution is 0.126. The van der Waals surface area contributed by atoms with E-state index in [0.29, 0.717) is 5.41 Å². The maximum absolute atomic E-state index is 4.75. The summed E-state index contributed by atoms with van der Waals surface area (Å²) in [6.45, 7) is 6.59. The number of hydrogen-bond donors (Lipinski definition) is 2. The van der Waals surface area contributed by atoms with Gasteiger partial charge in [-0.3, -0.25) is 9.97 Å². The van der Waals surface area contributed by atoms with Crippen LogP contribution in [0, 0.1) is 12.3 Å². The molecule has 0 unspecified atom stereocenters. The van der Waals surface area contributed by atoms with Crippen LogP contribution in [0.1, 0.15) is 18.5 Å². The van der Waals surface area contributed by atoms with Gasteiger partial charge in [0.2, 0.25) is 0 Å². The fourth-order valence-electron chi connectivity index (χ4n) is 4.90. The number of H-pyrrole nitrogens is 1. The number of imidazole rings is 1. The Morgan fingerprint density at radius 2 is 1.87 bits per heavy atom. The van der Waals surface area contributed by atoms with Crippen molar-refractivity contribution in [3.8, 4) is 22.6 Å². The Morgan fingerprint density at radius 1 is 1.00 bits per heavy atom. The molecule has 6 heteroatoms. The van der Waals surface area contributed by atoms with Crippen molar-refractivity contribution in [3.05, 3.63) is 60.7 Å². The van der Waals surface area contributed by atoms with E-state index in [1.165, 1.54) is 31.6 Å². The molecule has 0 radical (unpaired) electrons. The van der Waals surface area contributed by atoms with Crippen molar-refractivity contribution in [1.82, 2.24) is 25.3 Å². The van der Waals surface area contributed by atoms with Crippen LogP contribution in [0.2, 0.25) is 0 Å². The molecule has 2 fully saturated rings. The number of anilines is 1. The Hall–Kier alpha value is -3.25. The van der Waals surface area contributed by atoms with E-state index < -0.39 is 0 Å². The van der Waals surface area contributed by atoms with Crippen molar-refractivity contribution in [3.63, 3.8) is 0 Å². The van der Waals surface area contributed by atoms with Crippen LogP contribution in [0.3, 0.4) is 0 Å². The number of nitrogens with one attached hydrogen (secondary N) is 2. The second kappa shape index (κ2) is 7.17. The lowest BCUT2D eigenvalue weighted by Crippen LogP contribution is -2.58. The number of nitrogens with zero attached hydrogens (tertiary/aromatic N) is 4. The zero-order valence-electron chi connectivity index (χ0n) is 17.7. The third-order valence-electron chi connectivity index (χ3n) is 6.91. The lowest BCUT2D eigenvalue weighted by Gasteiger charge is -2.48. The predicted octanol–water partition coefficient (Wildman–Crippen LogP) is 4.19. The number of benzene rings is 1. The third-order valence-corrected chi connectivity index (χ3v) is 6.91. The molecule has 6 rings (SSSR count). The normalized spacial score (nSPS) is 17.8. The molecule has 2 saturated heterocycles. The number of hydrogen-bond acceptors (Lipinski definition) is 5. The molecule has 0 atom stereocenters. The quantitative estimate of drug-likeness (QED) is 0.530. The number of aromatic amines is 1. The summed E-state index contributed by atoms with van der Waals surface area (Å²) in [5.74, 6) is 0. The van der Waals surface area contributed by atoms with Gasteiger partial charge >= 0.3 is 0 Å². The number of fused-ring (bicyclic) bond motifs is 1. The molecule has 1 aromatic carbocycles. The Kier molecular flexibility index (Phi) is 4.28. The topological polar surface area (TPSA) is 69.7 Å². The molecule has 6 nitrogen and oxygen atoms in total. The smallest absolute Gasteiger partial charge is 0.0977 e. The molecule has 3 aromatic heterocycles. The highest BCUT2D eigenvalue weighted by Crippen LogP contribution is 2.37. The SMILES string of the molecule is Cc1cccc(-c2[nH]cnc2-c2ccc3ncc(N4CCC5(CC4)CNC5)cc3c2)n1. The van der Waals surface area contributed by atoms with Crippen LogP contribution < -0.4 is 10.2 Å². The summed E-state index contributed by atoms with van der Waals surface area (Å²) in [5, 5.41) is 4.59. The fraction of sp³-hybridized carbons (Fsp3) is 0.320. The number of piperidine rings is 1. The predicted molar refractivity (Wildman–Crippen MR) is 124 cm³/mol. The van der Waals surface area contributed by atoms with Gasteiger partial charge in [-0.25, -0.2) is 4.98 Å². The molecule has 0 aliphatic carbocycles. The molecular weight excluding hydrogens is 384 g/mol. The Morgan fingerprint density at radius 3 is 2.65 bits per heavy atom. The van der Waals surface area contributed by atoms with E-state index in [1.54, 1.807) is 6.33 Å². The highest BCUT2D eigenvalue weighted by Gasteiger charge is 2.39. The van der Waals surface area contributed by atoms with Crippen LogP contribution in [0.25, 0.3) is 33.5 Å². The first-order chi connectivity index (χ1) is 15.2. The maximum atomic E-state index is 4.75. The Balaban J connectivity index is 1.33. The van der Waals surface area contributed by atoms with Crippen LogP contribution in [-0.2, 0) is 0 Å². The van der Waals surface area contributed by atoms with E-state index >= 15 is 0 Å². The molecule has 1 spiro atoms. The van der Waals surface area contributed by atoms with Gasteiger partial charge < -0.3 is 15.2 Å². The molecule has 4 aromatic rings. The Bertz CT molecular complexity index is 1250. The van der Waals surface area contributed by atoms with Crippen LogP contribution in [0.5, 0.6) is 0 Å². The first-order valence-electron chi connectivity index (χ1n) is 11.0. The van der Waals surface area contributed by atoms with Crippen LogP contribution in [0.4, 0.5) is 5.69 Å². The first kappa shape index (κ1) is 18.5. The number of aromatic nitrogens is 4. The second-order valence-corrected chi connectivity index (χ2v) is 8.98. The molecule has 0 saturated carbocycles. The molecule has 2 N–H and O–H groups in total. The molecule has 0 amide bonds. The summed E-state index contributed by atoms with van der Waals surface area (Å²) >= 11 is 0. The minimum atomic E-state index is 0.550. The van der Waals surface area contributed by atoms with Crippen molar-refractivity contribution in [2.75, 3.05) is 31.1 Å². The van der Waals surface area contributed by atoms with E-state index in [4.69, 9.17) is 4.98 Å². The minimum Gasteiger partial charge on any atom is -0.370 e. The van der Waals surface area contributed by atoms with Gasteiger partial charge in [0.15, 0.2) is 0 Å². The van der Waals surface area contributed by atoms with Gasteiger partial charge in [-0.05, 0) is 55.5 Å². The number of aryl methyl sites for hydroxylation is 1. The van der Waals surface area contributed by atoms with Crippen molar-refractivity contribution in [2.24, 2.45) is 5.41 Å². The van der Waals surface area contributed by atoms with Gasteiger partial charge in [0.05, 0.1) is 40.8 Å². The third kappa shape index (κ3) is 3.27. The monoisotopic (exact) mass is 410 g/mol. The number of pyridine rings is 2. The molecule has 5 heterocycles. The van der Waals surface area contributed by atoms with Gasteiger partial charge in [0.1, 0.15) is 0 Å². The van der Waals surface area contributed by atoms with Crippen LogP contribution >= 0.6 is 0 Å². The van der Waals surface area contributed by atoms with Gasteiger partial charge in [-0.1, -0.05) is 12.1 Å². The van der Waals surface area contributed by atoms with Crippen LogP contribution in [0.15, 0.2) is 55.0 Å². The van der Waals surface area contributed by atoms with Crippen molar-refractivity contribution in [1.29, 1.82) is 0 Å². The summed E-state index contributed by atoms with van der Waals surface area (Å²) in [6, 6.07) is 14.7. The zero-order chi connectivity index (χ0) is 20.8. The summed E-state index contributed by atoms with van der Waals surface area (Å²) in [4.78, 5) is 19.8. The lowest BCUT2D eigenvalue weighted by atomic mass is 9.73. The van der Waals surface area contributed by atoms with E-state index in [0.717, 1.165) is 52.3 Å². The molecule has 31 heavy (non-hydrogen) atoms. The summed E-state index contributed by atoms with van der Waals surface area (Å²) in [6.07, 6.45) is 6.29. The van der Waals surface area contributed by atoms with Gasteiger partial charge in [-0.15, -0.1) is 0 Å². The fourth-order valence-corrected chi connectivity index (χ4v) is 4.90. The van der Waals surface area contributed by atoms with Crippen molar-refractivity contribution < 1.29 is 0 Å². The average Bonchev–Trinajstić information content (AvgIpc) is 3.27. The van der Waals surface area contributed by atoms with Gasteiger partial charge in [0, 0.05) is 42.8 Å². The van der Waals surface area contributed by atoms with E-state index in [9.17, 15) is 0 Å². The van der Waals surface area contributed by atoms with Gasteiger partial charge in [0.25, 0.3) is 0 Å².